The Labute approximate surface area is 120 Å². The molecule has 1 heterocycles. The van der Waals surface area contributed by atoms with Crippen LogP contribution in [0.2, 0.25) is 0 Å². The van der Waals surface area contributed by atoms with Gasteiger partial charge in [0.05, 0.1) is 6.54 Å². The van der Waals surface area contributed by atoms with Gasteiger partial charge in [0.25, 0.3) is 0 Å². The number of nitrogens with zero attached hydrogens (tertiary/aromatic N) is 2. The molecule has 2 rings (SSSR count). The van der Waals surface area contributed by atoms with Crippen LogP contribution < -0.4 is 10.6 Å². The van der Waals surface area contributed by atoms with E-state index in [0.29, 0.717) is 6.04 Å². The van der Waals surface area contributed by atoms with Crippen LogP contribution in [0.3, 0.4) is 0 Å². The van der Waals surface area contributed by atoms with Crippen LogP contribution in [-0.2, 0) is 13.6 Å². The van der Waals surface area contributed by atoms with Crippen molar-refractivity contribution in [1.82, 2.24) is 15.2 Å². The minimum atomic E-state index is 0. The predicted molar refractivity (Wildman–Crippen MR) is 81.7 cm³/mol. The smallest absolute Gasteiger partial charge is 0.191 e. The van der Waals surface area contributed by atoms with Crippen LogP contribution in [0.25, 0.3) is 0 Å². The lowest BCUT2D eigenvalue weighted by molar-refractivity contribution is 0.733. The molecule has 0 bridgehead atoms. The molecule has 0 aliphatic heterocycles. The summed E-state index contributed by atoms with van der Waals surface area (Å²) in [5.41, 5.74) is 1.26. The largest absolute Gasteiger partial charge is 0.353 e. The molecule has 0 spiro atoms. The fourth-order valence-electron chi connectivity index (χ4n) is 1.75. The molecule has 96 valence electrons. The highest BCUT2D eigenvalue weighted by Crippen LogP contribution is 2.28. The van der Waals surface area contributed by atoms with Gasteiger partial charge in [0.15, 0.2) is 5.96 Å². The number of aryl methyl sites for hydroxylation is 1. The summed E-state index contributed by atoms with van der Waals surface area (Å²) in [5, 5.41) is 6.72. The Morgan fingerprint density at radius 3 is 2.76 bits per heavy atom. The maximum Gasteiger partial charge on any atom is 0.191 e. The van der Waals surface area contributed by atoms with Crippen molar-refractivity contribution in [3.63, 3.8) is 0 Å². The Hall–Kier alpha value is -0.720. The highest BCUT2D eigenvalue weighted by atomic mass is 127. The summed E-state index contributed by atoms with van der Waals surface area (Å²) in [5.74, 6) is 1.68. The quantitative estimate of drug-likeness (QED) is 0.496. The van der Waals surface area contributed by atoms with Crippen LogP contribution >= 0.6 is 24.0 Å². The van der Waals surface area contributed by atoms with E-state index in [9.17, 15) is 0 Å². The number of halogens is 1. The minimum Gasteiger partial charge on any atom is -0.353 e. The van der Waals surface area contributed by atoms with Gasteiger partial charge < -0.3 is 15.2 Å². The molecule has 5 heteroatoms. The standard InChI is InChI=1S/C12H20N4.HI/c1-9-7-11(9)15-12(13-2)14-8-10-5-4-6-16(10)3;/h4-6,9,11H,7-8H2,1-3H3,(H2,13,14,15);1H. The first-order valence-electron chi connectivity index (χ1n) is 5.78. The van der Waals surface area contributed by atoms with E-state index in [2.05, 4.69) is 52.5 Å². The van der Waals surface area contributed by atoms with Crippen LogP contribution in [0.5, 0.6) is 0 Å². The molecule has 0 amide bonds. The zero-order valence-corrected chi connectivity index (χ0v) is 12.9. The topological polar surface area (TPSA) is 41.4 Å². The van der Waals surface area contributed by atoms with Crippen molar-refractivity contribution in [1.29, 1.82) is 0 Å². The van der Waals surface area contributed by atoms with Gasteiger partial charge in [-0.3, -0.25) is 4.99 Å². The van der Waals surface area contributed by atoms with E-state index in [4.69, 9.17) is 0 Å². The molecule has 1 fully saturated rings. The van der Waals surface area contributed by atoms with Gasteiger partial charge in [-0.2, -0.15) is 0 Å². The summed E-state index contributed by atoms with van der Waals surface area (Å²) in [6.45, 7) is 3.06. The fourth-order valence-corrected chi connectivity index (χ4v) is 1.75. The van der Waals surface area contributed by atoms with Gasteiger partial charge in [0.2, 0.25) is 0 Å². The first kappa shape index (κ1) is 14.3. The molecule has 0 radical (unpaired) electrons. The molecule has 1 aromatic rings. The molecule has 1 aliphatic carbocycles. The molecule has 2 N–H and O–H groups in total. The average Bonchev–Trinajstić information content (AvgIpc) is 2.79. The molecule has 2 atom stereocenters. The van der Waals surface area contributed by atoms with Crippen molar-refractivity contribution in [2.24, 2.45) is 18.0 Å². The van der Waals surface area contributed by atoms with Gasteiger partial charge in [0, 0.05) is 32.0 Å². The number of guanidine groups is 1. The Kier molecular flexibility index (Phi) is 5.30. The van der Waals surface area contributed by atoms with Crippen LogP contribution in [0, 0.1) is 5.92 Å². The molecule has 4 nitrogen and oxygen atoms in total. The van der Waals surface area contributed by atoms with Crippen molar-refractivity contribution < 1.29 is 0 Å². The number of rotatable bonds is 3. The number of hydrogen-bond donors (Lipinski definition) is 2. The van der Waals surface area contributed by atoms with Gasteiger partial charge in [0.1, 0.15) is 0 Å². The van der Waals surface area contributed by atoms with E-state index in [0.717, 1.165) is 18.4 Å². The number of hydrogen-bond acceptors (Lipinski definition) is 1. The Morgan fingerprint density at radius 1 is 1.59 bits per heavy atom. The molecular weight excluding hydrogens is 327 g/mol. The van der Waals surface area contributed by atoms with Crippen molar-refractivity contribution in [3.05, 3.63) is 24.0 Å². The van der Waals surface area contributed by atoms with Crippen LogP contribution in [0.4, 0.5) is 0 Å². The second-order valence-electron chi connectivity index (χ2n) is 4.50. The van der Waals surface area contributed by atoms with Crippen LogP contribution in [0.15, 0.2) is 23.3 Å². The van der Waals surface area contributed by atoms with E-state index in [1.165, 1.54) is 12.1 Å². The lowest BCUT2D eigenvalue weighted by atomic mass is 10.4. The normalized spacial score (nSPS) is 22.9. The zero-order chi connectivity index (χ0) is 11.5. The fraction of sp³-hybridized carbons (Fsp3) is 0.583. The maximum absolute atomic E-state index is 4.22. The third-order valence-electron chi connectivity index (χ3n) is 3.14. The SMILES string of the molecule is CN=C(NCc1cccn1C)NC1CC1C.I. The van der Waals surface area contributed by atoms with Crippen molar-refractivity contribution in [2.45, 2.75) is 25.9 Å². The highest BCUT2D eigenvalue weighted by molar-refractivity contribution is 14.0. The summed E-state index contributed by atoms with van der Waals surface area (Å²) in [4.78, 5) is 4.22. The third-order valence-corrected chi connectivity index (χ3v) is 3.14. The second kappa shape index (κ2) is 6.28. The Balaban J connectivity index is 0.00000144. The lowest BCUT2D eigenvalue weighted by Gasteiger charge is -2.11. The summed E-state index contributed by atoms with van der Waals surface area (Å²) in [7, 11) is 3.86. The molecule has 1 aromatic heterocycles. The van der Waals surface area contributed by atoms with E-state index in [1.807, 2.05) is 7.05 Å². The third kappa shape index (κ3) is 3.90. The average molecular weight is 348 g/mol. The van der Waals surface area contributed by atoms with Gasteiger partial charge in [-0.15, -0.1) is 24.0 Å². The highest BCUT2D eigenvalue weighted by Gasteiger charge is 2.33. The summed E-state index contributed by atoms with van der Waals surface area (Å²) >= 11 is 0. The molecule has 17 heavy (non-hydrogen) atoms. The molecule has 1 saturated carbocycles. The van der Waals surface area contributed by atoms with Crippen molar-refractivity contribution in [2.75, 3.05) is 7.05 Å². The van der Waals surface area contributed by atoms with Gasteiger partial charge in [-0.05, 0) is 24.5 Å². The lowest BCUT2D eigenvalue weighted by Crippen LogP contribution is -2.38. The van der Waals surface area contributed by atoms with E-state index in [-0.39, 0.29) is 24.0 Å². The molecule has 2 unspecified atom stereocenters. The molecule has 0 aromatic carbocycles. The summed E-state index contributed by atoms with van der Waals surface area (Å²) in [6, 6.07) is 4.77. The second-order valence-corrected chi connectivity index (χ2v) is 4.50. The summed E-state index contributed by atoms with van der Waals surface area (Å²) in [6.07, 6.45) is 3.31. The summed E-state index contributed by atoms with van der Waals surface area (Å²) < 4.78 is 2.11. The zero-order valence-electron chi connectivity index (χ0n) is 10.6. The predicted octanol–water partition coefficient (Wildman–Crippen LogP) is 1.72. The van der Waals surface area contributed by atoms with E-state index in [1.54, 1.807) is 0 Å². The van der Waals surface area contributed by atoms with E-state index >= 15 is 0 Å². The number of aromatic nitrogens is 1. The Bertz CT molecular complexity index is 386. The maximum atomic E-state index is 4.22. The van der Waals surface area contributed by atoms with Crippen molar-refractivity contribution in [3.8, 4) is 0 Å². The first-order chi connectivity index (χ1) is 7.70. The van der Waals surface area contributed by atoms with Crippen LogP contribution in [0.1, 0.15) is 19.0 Å². The first-order valence-corrected chi connectivity index (χ1v) is 5.78. The Morgan fingerprint density at radius 2 is 2.29 bits per heavy atom. The monoisotopic (exact) mass is 348 g/mol. The molecular formula is C12H21IN4. The minimum absolute atomic E-state index is 0. The van der Waals surface area contributed by atoms with Gasteiger partial charge >= 0.3 is 0 Å². The number of aliphatic imine (C=N–C) groups is 1. The van der Waals surface area contributed by atoms with Gasteiger partial charge in [-0.25, -0.2) is 0 Å². The number of nitrogens with one attached hydrogen (secondary N) is 2. The molecule has 1 aliphatic rings. The van der Waals surface area contributed by atoms with E-state index < -0.39 is 0 Å². The van der Waals surface area contributed by atoms with Crippen molar-refractivity contribution >= 4 is 29.9 Å². The molecule has 0 saturated heterocycles. The van der Waals surface area contributed by atoms with Gasteiger partial charge in [-0.1, -0.05) is 6.92 Å². The van der Waals surface area contributed by atoms with Crippen LogP contribution in [-0.4, -0.2) is 23.6 Å².